The molecule has 0 amide bonds. The molecule has 0 atom stereocenters. The number of ether oxygens (including phenoxy) is 2. The molecule has 0 spiro atoms. The summed E-state index contributed by atoms with van der Waals surface area (Å²) in [5, 5.41) is 13.7. The topological polar surface area (TPSA) is 166 Å². The number of nitrogens with two attached hydrogens (primary N) is 1. The number of benzene rings is 3. The van der Waals surface area contributed by atoms with Crippen LogP contribution in [0, 0.1) is 43.2 Å². The summed E-state index contributed by atoms with van der Waals surface area (Å²) in [6.45, 7) is 1.97. The van der Waals surface area contributed by atoms with E-state index in [9.17, 15) is 17.2 Å². The molecular weight excluding hydrogens is 678 g/mol. The number of halogens is 3. The highest BCUT2D eigenvalue weighted by molar-refractivity contribution is 7.89. The Morgan fingerprint density at radius 2 is 1.27 bits per heavy atom. The van der Waals surface area contributed by atoms with E-state index in [-0.39, 0.29) is 41.0 Å². The Hall–Kier alpha value is -6.00. The maximum atomic E-state index is 14.2. The van der Waals surface area contributed by atoms with Crippen molar-refractivity contribution in [2.75, 3.05) is 29.2 Å². The van der Waals surface area contributed by atoms with E-state index in [4.69, 9.17) is 39.1 Å². The molecule has 5 aromatic rings. The van der Waals surface area contributed by atoms with Crippen molar-refractivity contribution in [1.82, 2.24) is 19.9 Å². The monoisotopic (exact) mass is 704 g/mol. The highest BCUT2D eigenvalue weighted by Crippen LogP contribution is 2.25. The lowest BCUT2D eigenvalue weighted by molar-refractivity contribution is 0.370. The van der Waals surface area contributed by atoms with Gasteiger partial charge < -0.3 is 25.4 Å². The summed E-state index contributed by atoms with van der Waals surface area (Å²) in [5.74, 6) is 4.70. The predicted molar refractivity (Wildman–Crippen MR) is 183 cm³/mol. The normalized spacial score (nSPS) is 10.4. The average molecular weight is 705 g/mol. The van der Waals surface area contributed by atoms with Gasteiger partial charge in [0.15, 0.2) is 23.3 Å². The zero-order valence-corrected chi connectivity index (χ0v) is 27.2. The highest BCUT2D eigenvalue weighted by Gasteiger charge is 2.14. The van der Waals surface area contributed by atoms with Crippen LogP contribution in [0.4, 0.5) is 43.4 Å². The molecule has 16 heteroatoms. The number of terminal acetylenes is 2. The van der Waals surface area contributed by atoms with Crippen LogP contribution in [0.5, 0.6) is 11.5 Å². The number of anilines is 6. The van der Waals surface area contributed by atoms with E-state index in [1.54, 1.807) is 67.6 Å². The van der Waals surface area contributed by atoms with Gasteiger partial charge in [0.05, 0.1) is 17.3 Å². The standard InChI is InChI=1S/C20H18FN5O3S.C13H9ClFN3O/c1-3-10-29-16-8-6-14(7-9-16)24-19-17(21)12-23-20(26-19)25-15-5-4-13(2)18(11-15)30(22,27)28;1-2-7-19-10-5-3-9(4-6-10)17-12-11(15)8-16-13(14)18-12/h1,4-9,11-12H,10H2,2H3,(H2,22,27,28)(H2,23,24,25,26);1,3-6,8H,7H2,(H,16,17,18). The fraction of sp³-hybridized carbons (Fsp3) is 0.0909. The first-order valence-electron chi connectivity index (χ1n) is 13.9. The first-order valence-corrected chi connectivity index (χ1v) is 15.9. The smallest absolute Gasteiger partial charge is 0.238 e. The summed E-state index contributed by atoms with van der Waals surface area (Å²) < 4.78 is 61.4. The Balaban J connectivity index is 0.000000244. The van der Waals surface area contributed by atoms with E-state index in [0.29, 0.717) is 34.1 Å². The minimum atomic E-state index is -3.89. The number of nitrogens with one attached hydrogen (secondary N) is 3. The van der Waals surface area contributed by atoms with Crippen LogP contribution < -0.4 is 30.6 Å². The second-order valence-corrected chi connectivity index (χ2v) is 11.5. The second-order valence-electron chi connectivity index (χ2n) is 9.66. The molecule has 0 aliphatic heterocycles. The molecule has 0 fully saturated rings. The molecule has 3 aromatic carbocycles. The van der Waals surface area contributed by atoms with Gasteiger partial charge in [0, 0.05) is 17.1 Å². The van der Waals surface area contributed by atoms with Crippen LogP contribution in [0.25, 0.3) is 0 Å². The number of rotatable bonds is 11. The van der Waals surface area contributed by atoms with Crippen LogP contribution in [0.3, 0.4) is 0 Å². The maximum absolute atomic E-state index is 14.2. The van der Waals surface area contributed by atoms with Crippen LogP contribution in [-0.2, 0) is 10.0 Å². The average Bonchev–Trinajstić information content (AvgIpc) is 3.08. The zero-order chi connectivity index (χ0) is 35.4. The molecule has 250 valence electrons. The number of hydrogen-bond donors (Lipinski definition) is 4. The first kappa shape index (κ1) is 35.8. The summed E-state index contributed by atoms with van der Waals surface area (Å²) in [6, 6.07) is 18.1. The van der Waals surface area contributed by atoms with E-state index in [1.807, 2.05) is 0 Å². The van der Waals surface area contributed by atoms with Crippen LogP contribution in [0.1, 0.15) is 5.56 Å². The highest BCUT2D eigenvalue weighted by atomic mass is 35.5. The van der Waals surface area contributed by atoms with Crippen molar-refractivity contribution in [3.63, 3.8) is 0 Å². The largest absolute Gasteiger partial charge is 0.481 e. The van der Waals surface area contributed by atoms with Crippen molar-refractivity contribution < 1.29 is 26.7 Å². The molecule has 2 aromatic heterocycles. The molecule has 0 unspecified atom stereocenters. The van der Waals surface area contributed by atoms with E-state index in [0.717, 1.165) is 12.4 Å². The molecule has 5 rings (SSSR count). The number of hydrogen-bond acceptors (Lipinski definition) is 11. The van der Waals surface area contributed by atoms with Gasteiger partial charge in [-0.1, -0.05) is 17.9 Å². The van der Waals surface area contributed by atoms with Gasteiger partial charge in [-0.25, -0.2) is 32.3 Å². The van der Waals surface area contributed by atoms with Gasteiger partial charge >= 0.3 is 0 Å². The predicted octanol–water partition coefficient (Wildman–Crippen LogP) is 6.10. The molecule has 12 nitrogen and oxygen atoms in total. The van der Waals surface area contributed by atoms with Crippen molar-refractivity contribution in [2.45, 2.75) is 11.8 Å². The zero-order valence-electron chi connectivity index (χ0n) is 25.6. The number of nitrogens with zero attached hydrogens (tertiary/aromatic N) is 4. The Bertz CT molecular complexity index is 2110. The second kappa shape index (κ2) is 16.7. The third-order valence-corrected chi connectivity index (χ3v) is 7.32. The summed E-state index contributed by atoms with van der Waals surface area (Å²) >= 11 is 5.60. The van der Waals surface area contributed by atoms with E-state index in [2.05, 4.69) is 47.7 Å². The third-order valence-electron chi connectivity index (χ3n) is 6.09. The van der Waals surface area contributed by atoms with Crippen LogP contribution in [0.15, 0.2) is 84.0 Å². The number of aromatic nitrogens is 4. The molecule has 0 saturated heterocycles. The van der Waals surface area contributed by atoms with Gasteiger partial charge in [0.2, 0.25) is 21.3 Å². The van der Waals surface area contributed by atoms with Gasteiger partial charge in [0.1, 0.15) is 24.7 Å². The van der Waals surface area contributed by atoms with Gasteiger partial charge in [0.25, 0.3) is 0 Å². The van der Waals surface area contributed by atoms with Crippen molar-refractivity contribution >= 4 is 56.3 Å². The van der Waals surface area contributed by atoms with Crippen molar-refractivity contribution in [3.8, 4) is 36.2 Å². The van der Waals surface area contributed by atoms with Crippen molar-refractivity contribution in [3.05, 3.63) is 102 Å². The summed E-state index contributed by atoms with van der Waals surface area (Å²) in [4.78, 5) is 15.2. The van der Waals surface area contributed by atoms with Crippen LogP contribution in [0.2, 0.25) is 5.28 Å². The molecule has 0 aliphatic carbocycles. The minimum Gasteiger partial charge on any atom is -0.481 e. The number of sulfonamides is 1. The Morgan fingerprint density at radius 1 is 0.776 bits per heavy atom. The Morgan fingerprint density at radius 3 is 1.78 bits per heavy atom. The Kier molecular flexibility index (Phi) is 12.2. The van der Waals surface area contributed by atoms with E-state index < -0.39 is 21.7 Å². The fourth-order valence-corrected chi connectivity index (χ4v) is 4.80. The lowest BCUT2D eigenvalue weighted by atomic mass is 10.2. The molecule has 5 N–H and O–H groups in total. The fourth-order valence-electron chi connectivity index (χ4n) is 3.85. The molecule has 0 bridgehead atoms. The molecular formula is C33H27ClF2N8O4S. The third kappa shape index (κ3) is 10.8. The van der Waals surface area contributed by atoms with E-state index >= 15 is 0 Å². The maximum Gasteiger partial charge on any atom is 0.238 e. The lowest BCUT2D eigenvalue weighted by Gasteiger charge is -2.11. The molecule has 0 radical (unpaired) electrons. The molecule has 49 heavy (non-hydrogen) atoms. The van der Waals surface area contributed by atoms with Gasteiger partial charge in [-0.3, -0.25) is 0 Å². The summed E-state index contributed by atoms with van der Waals surface area (Å²) in [7, 11) is -3.89. The summed E-state index contributed by atoms with van der Waals surface area (Å²) in [5.41, 5.74) is 2.09. The van der Waals surface area contributed by atoms with Crippen molar-refractivity contribution in [2.24, 2.45) is 5.14 Å². The lowest BCUT2D eigenvalue weighted by Crippen LogP contribution is -2.14. The number of aryl methyl sites for hydroxylation is 1. The Labute approximate surface area is 286 Å². The SMILES string of the molecule is C#CCOc1ccc(Nc2nc(Cl)ncc2F)cc1.C#CCOc1ccc(Nc2nc(Nc3ccc(C)c(S(N)(=O)=O)c3)ncc2F)cc1. The van der Waals surface area contributed by atoms with Crippen LogP contribution in [-0.4, -0.2) is 41.6 Å². The van der Waals surface area contributed by atoms with E-state index in [1.165, 1.54) is 6.07 Å². The molecule has 0 aliphatic rings. The first-order chi connectivity index (χ1) is 23.4. The quantitative estimate of drug-likeness (QED) is 0.0928. The van der Waals surface area contributed by atoms with Gasteiger partial charge in [-0.05, 0) is 84.8 Å². The molecule has 2 heterocycles. The van der Waals surface area contributed by atoms with Crippen LogP contribution >= 0.6 is 11.6 Å². The van der Waals surface area contributed by atoms with Gasteiger partial charge in [-0.2, -0.15) is 9.97 Å². The summed E-state index contributed by atoms with van der Waals surface area (Å²) in [6.07, 6.45) is 12.2. The van der Waals surface area contributed by atoms with Crippen molar-refractivity contribution in [1.29, 1.82) is 0 Å². The number of primary sulfonamides is 1. The van der Waals surface area contributed by atoms with Gasteiger partial charge in [-0.15, -0.1) is 12.8 Å². The molecule has 0 saturated carbocycles. The minimum absolute atomic E-state index is 0.0114.